The topological polar surface area (TPSA) is 110 Å². The summed E-state index contributed by atoms with van der Waals surface area (Å²) in [6, 6.07) is 6.93. The van der Waals surface area contributed by atoms with Crippen molar-refractivity contribution in [2.75, 3.05) is 26.0 Å². The van der Waals surface area contributed by atoms with Gasteiger partial charge in [0.15, 0.2) is 0 Å². The summed E-state index contributed by atoms with van der Waals surface area (Å²) < 4.78 is 11.0. The van der Waals surface area contributed by atoms with Crippen molar-refractivity contribution in [2.24, 2.45) is 0 Å². The minimum absolute atomic E-state index is 0.0453. The van der Waals surface area contributed by atoms with Gasteiger partial charge in [0.25, 0.3) is 5.91 Å². The minimum atomic E-state index is -0.280. The fraction of sp³-hybridized carbons (Fsp3) is 0.286. The summed E-state index contributed by atoms with van der Waals surface area (Å²) in [6.07, 6.45) is 8.74. The number of rotatable bonds is 7. The summed E-state index contributed by atoms with van der Waals surface area (Å²) in [5.41, 5.74) is 8.18. The number of carbonyl (C=O) groups excluding carboxylic acids is 1. The summed E-state index contributed by atoms with van der Waals surface area (Å²) in [5.74, 6) is 0.00307. The number of amides is 1. The second-order valence-electron chi connectivity index (χ2n) is 6.49. The van der Waals surface area contributed by atoms with Gasteiger partial charge in [0.2, 0.25) is 0 Å². The molecule has 2 aromatic rings. The smallest absolute Gasteiger partial charge is 0.255 e. The van der Waals surface area contributed by atoms with Crippen LogP contribution in [0.15, 0.2) is 42.7 Å². The molecule has 1 aromatic heterocycles. The predicted octanol–water partition coefficient (Wildman–Crippen LogP) is 2.66. The molecular weight excluding hydrogens is 356 g/mol. The highest BCUT2D eigenvalue weighted by Crippen LogP contribution is 2.30. The van der Waals surface area contributed by atoms with Gasteiger partial charge >= 0.3 is 0 Å². The fourth-order valence-electron chi connectivity index (χ4n) is 3.11. The number of allylic oxidation sites excluding steroid dienone is 1. The number of nitrogens with zero attached hydrogens (tertiary/aromatic N) is 1. The van der Waals surface area contributed by atoms with Gasteiger partial charge < -0.3 is 25.9 Å². The molecule has 0 bridgehead atoms. The number of hydrogen-bond donors (Lipinski definition) is 3. The second kappa shape index (κ2) is 9.14. The summed E-state index contributed by atoms with van der Waals surface area (Å²) in [6.45, 7) is 1.18. The molecule has 1 unspecified atom stereocenters. The average Bonchev–Trinajstić information content (AvgIpc) is 3.24. The Morgan fingerprint density at radius 2 is 2.32 bits per heavy atom. The zero-order chi connectivity index (χ0) is 19.9. The number of benzene rings is 1. The maximum absolute atomic E-state index is 12.7. The van der Waals surface area contributed by atoms with E-state index >= 15 is 0 Å². The standard InChI is InChI=1S/C21H24N4O3/c1-27-20-16(21(26)25-13-15-5-3-11-28-15)7-9-18(23)19(20)17(22)8-6-14-4-2-10-24-12-14/h2,4,6-10,12,15,22H,3,5,11,13,23H2,1H3,(H,25,26)/b8-6+,22-17?. The average molecular weight is 380 g/mol. The van der Waals surface area contributed by atoms with Crippen molar-refractivity contribution in [2.45, 2.75) is 18.9 Å². The number of hydrogen-bond acceptors (Lipinski definition) is 6. The molecule has 2 heterocycles. The monoisotopic (exact) mass is 380 g/mol. The molecule has 1 aromatic carbocycles. The molecule has 1 amide bonds. The van der Waals surface area contributed by atoms with Gasteiger partial charge in [-0.05, 0) is 42.7 Å². The molecule has 146 valence electrons. The van der Waals surface area contributed by atoms with Crippen molar-refractivity contribution in [3.63, 3.8) is 0 Å². The van der Waals surface area contributed by atoms with Crippen LogP contribution in [0.25, 0.3) is 6.08 Å². The Balaban J connectivity index is 1.82. The van der Waals surface area contributed by atoms with E-state index in [1.807, 2.05) is 12.1 Å². The molecule has 0 saturated carbocycles. The van der Waals surface area contributed by atoms with Crippen LogP contribution in [0.3, 0.4) is 0 Å². The van der Waals surface area contributed by atoms with E-state index in [-0.39, 0.29) is 23.5 Å². The van der Waals surface area contributed by atoms with Crippen molar-refractivity contribution in [1.82, 2.24) is 10.3 Å². The SMILES string of the molecule is COc1c(C(=O)NCC2CCCO2)ccc(N)c1C(=N)/C=C/c1cccnc1. The largest absolute Gasteiger partial charge is 0.495 e. The molecular formula is C21H24N4O3. The van der Waals surface area contributed by atoms with Gasteiger partial charge in [-0.2, -0.15) is 0 Å². The van der Waals surface area contributed by atoms with Crippen molar-refractivity contribution >= 4 is 23.4 Å². The van der Waals surface area contributed by atoms with Gasteiger partial charge in [-0.25, -0.2) is 0 Å². The van der Waals surface area contributed by atoms with Crippen molar-refractivity contribution in [3.8, 4) is 5.75 Å². The van der Waals surface area contributed by atoms with E-state index in [4.69, 9.17) is 20.6 Å². The molecule has 0 aliphatic carbocycles. The summed E-state index contributed by atoms with van der Waals surface area (Å²) in [5, 5.41) is 11.3. The Morgan fingerprint density at radius 3 is 3.00 bits per heavy atom. The maximum atomic E-state index is 12.7. The Morgan fingerprint density at radius 1 is 1.46 bits per heavy atom. The number of nitrogen functional groups attached to an aromatic ring is 1. The Kier molecular flexibility index (Phi) is 6.39. The summed E-state index contributed by atoms with van der Waals surface area (Å²) in [7, 11) is 1.47. The van der Waals surface area contributed by atoms with Crippen LogP contribution in [-0.2, 0) is 4.74 Å². The van der Waals surface area contributed by atoms with Gasteiger partial charge in [0.1, 0.15) is 5.75 Å². The quantitative estimate of drug-likeness (QED) is 0.505. The van der Waals surface area contributed by atoms with E-state index in [2.05, 4.69) is 10.3 Å². The lowest BCUT2D eigenvalue weighted by Crippen LogP contribution is -2.32. The van der Waals surface area contributed by atoms with Crippen molar-refractivity contribution in [3.05, 3.63) is 59.4 Å². The van der Waals surface area contributed by atoms with Crippen LogP contribution >= 0.6 is 0 Å². The lowest BCUT2D eigenvalue weighted by molar-refractivity contribution is 0.0855. The van der Waals surface area contributed by atoms with E-state index in [0.29, 0.717) is 23.4 Å². The van der Waals surface area contributed by atoms with Gasteiger partial charge in [-0.1, -0.05) is 12.1 Å². The third-order valence-electron chi connectivity index (χ3n) is 4.55. The molecule has 1 saturated heterocycles. The number of nitrogens with two attached hydrogens (primary N) is 1. The molecule has 0 radical (unpaired) electrons. The Labute approximate surface area is 164 Å². The van der Waals surface area contributed by atoms with Crippen LogP contribution in [0.1, 0.15) is 34.3 Å². The summed E-state index contributed by atoms with van der Waals surface area (Å²) >= 11 is 0. The van der Waals surface area contributed by atoms with E-state index in [1.165, 1.54) is 7.11 Å². The molecule has 28 heavy (non-hydrogen) atoms. The molecule has 1 atom stereocenters. The Hall–Kier alpha value is -3.19. The van der Waals surface area contributed by atoms with Crippen LogP contribution < -0.4 is 15.8 Å². The molecule has 4 N–H and O–H groups in total. The molecule has 1 aliphatic rings. The number of aromatic nitrogens is 1. The fourth-order valence-corrected chi connectivity index (χ4v) is 3.11. The third kappa shape index (κ3) is 4.55. The Bertz CT molecular complexity index is 875. The number of anilines is 1. The first-order valence-corrected chi connectivity index (χ1v) is 9.13. The molecule has 1 fully saturated rings. The van der Waals surface area contributed by atoms with Crippen molar-refractivity contribution in [1.29, 1.82) is 5.41 Å². The van der Waals surface area contributed by atoms with E-state index in [0.717, 1.165) is 25.0 Å². The first kappa shape index (κ1) is 19.6. The van der Waals surface area contributed by atoms with Crippen LogP contribution in [0.2, 0.25) is 0 Å². The second-order valence-corrected chi connectivity index (χ2v) is 6.49. The highest BCUT2D eigenvalue weighted by atomic mass is 16.5. The van der Waals surface area contributed by atoms with Gasteiger partial charge in [0, 0.05) is 31.2 Å². The normalized spacial score (nSPS) is 16.2. The van der Waals surface area contributed by atoms with E-state index in [1.54, 1.807) is 36.7 Å². The number of carbonyl (C=O) groups is 1. The third-order valence-corrected chi connectivity index (χ3v) is 4.55. The molecule has 1 aliphatic heterocycles. The molecule has 7 heteroatoms. The number of pyridine rings is 1. The van der Waals surface area contributed by atoms with Gasteiger partial charge in [-0.3, -0.25) is 9.78 Å². The van der Waals surface area contributed by atoms with Crippen LogP contribution in [0, 0.1) is 5.41 Å². The lowest BCUT2D eigenvalue weighted by atomic mass is 10.0. The minimum Gasteiger partial charge on any atom is -0.495 e. The first-order chi connectivity index (χ1) is 13.6. The maximum Gasteiger partial charge on any atom is 0.255 e. The first-order valence-electron chi connectivity index (χ1n) is 9.13. The van der Waals surface area contributed by atoms with Crippen molar-refractivity contribution < 1.29 is 14.3 Å². The number of ether oxygens (including phenoxy) is 2. The molecule has 7 nitrogen and oxygen atoms in total. The predicted molar refractivity (Wildman–Crippen MR) is 109 cm³/mol. The van der Waals surface area contributed by atoms with Crippen LogP contribution in [0.4, 0.5) is 5.69 Å². The zero-order valence-electron chi connectivity index (χ0n) is 15.8. The highest BCUT2D eigenvalue weighted by molar-refractivity contribution is 6.15. The van der Waals surface area contributed by atoms with Crippen LogP contribution in [-0.4, -0.2) is 43.0 Å². The summed E-state index contributed by atoms with van der Waals surface area (Å²) in [4.78, 5) is 16.7. The lowest BCUT2D eigenvalue weighted by Gasteiger charge is -2.16. The van der Waals surface area contributed by atoms with Gasteiger partial charge in [0.05, 0.1) is 30.1 Å². The molecule has 3 rings (SSSR count). The van der Waals surface area contributed by atoms with E-state index < -0.39 is 0 Å². The number of nitrogens with one attached hydrogen (secondary N) is 2. The highest BCUT2D eigenvalue weighted by Gasteiger charge is 2.22. The zero-order valence-corrected chi connectivity index (χ0v) is 15.8. The molecule has 0 spiro atoms. The van der Waals surface area contributed by atoms with Gasteiger partial charge in [-0.15, -0.1) is 0 Å². The number of methoxy groups -OCH3 is 1. The van der Waals surface area contributed by atoms with E-state index in [9.17, 15) is 4.79 Å². The van der Waals surface area contributed by atoms with Crippen LogP contribution in [0.5, 0.6) is 5.75 Å².